The summed E-state index contributed by atoms with van der Waals surface area (Å²) < 4.78 is 68.2. The van der Waals surface area contributed by atoms with Gasteiger partial charge < -0.3 is 20.5 Å². The summed E-state index contributed by atoms with van der Waals surface area (Å²) in [5.41, 5.74) is 6.42. The molecule has 220 valence electrons. The van der Waals surface area contributed by atoms with Crippen LogP contribution < -0.4 is 20.5 Å². The van der Waals surface area contributed by atoms with E-state index in [1.54, 1.807) is 19.3 Å². The van der Waals surface area contributed by atoms with Crippen molar-refractivity contribution in [2.45, 2.75) is 43.7 Å². The first-order valence-electron chi connectivity index (χ1n) is 13.4. The van der Waals surface area contributed by atoms with Gasteiger partial charge in [0.05, 0.1) is 12.8 Å². The molecule has 1 aliphatic carbocycles. The van der Waals surface area contributed by atoms with Crippen LogP contribution >= 0.6 is 0 Å². The zero-order chi connectivity index (χ0) is 30.2. The third-order valence-electron chi connectivity index (χ3n) is 7.84. The minimum absolute atomic E-state index is 0.0200. The zero-order valence-electron chi connectivity index (χ0n) is 23.0. The monoisotopic (exact) mass is 583 g/mol. The number of rotatable bonds is 7. The molecule has 2 amide bonds. The molecule has 0 saturated carbocycles. The van der Waals surface area contributed by atoms with Crippen LogP contribution in [0.15, 0.2) is 54.1 Å². The molecule has 42 heavy (non-hydrogen) atoms. The van der Waals surface area contributed by atoms with Gasteiger partial charge in [-0.05, 0) is 85.9 Å². The molecule has 1 aliphatic heterocycles. The smallest absolute Gasteiger partial charge is 0.398 e. The molecule has 3 N–H and O–H groups in total. The Labute approximate surface area is 239 Å². The molecule has 0 radical (unpaired) electrons. The maximum absolute atomic E-state index is 14.5. The number of pyridine rings is 1. The van der Waals surface area contributed by atoms with E-state index in [1.807, 2.05) is 12.1 Å². The van der Waals surface area contributed by atoms with Crippen LogP contribution in [-0.4, -0.2) is 43.2 Å². The summed E-state index contributed by atoms with van der Waals surface area (Å²) in [6.45, 7) is 0.500. The number of nitrogens with zero attached hydrogens (tertiary/aromatic N) is 1. The van der Waals surface area contributed by atoms with E-state index in [2.05, 4.69) is 10.3 Å². The number of nitrogens with two attached hydrogens (primary N) is 1. The Bertz CT molecular complexity index is 1570. The lowest BCUT2D eigenvalue weighted by Gasteiger charge is -2.24. The van der Waals surface area contributed by atoms with Gasteiger partial charge in [-0.15, -0.1) is 0 Å². The molecular formula is C31H29F4N3O4. The Morgan fingerprint density at radius 2 is 1.88 bits per heavy atom. The van der Waals surface area contributed by atoms with Crippen molar-refractivity contribution >= 4 is 17.9 Å². The Hall–Kier alpha value is -4.41. The Morgan fingerprint density at radius 3 is 2.55 bits per heavy atom. The van der Waals surface area contributed by atoms with E-state index in [0.717, 1.165) is 23.3 Å². The van der Waals surface area contributed by atoms with Gasteiger partial charge in [-0.2, -0.15) is 13.2 Å². The summed E-state index contributed by atoms with van der Waals surface area (Å²) >= 11 is 0. The summed E-state index contributed by atoms with van der Waals surface area (Å²) in [7, 11) is 1.56. The minimum Gasteiger partial charge on any atom is -0.497 e. The molecule has 0 bridgehead atoms. The second-order valence-corrected chi connectivity index (χ2v) is 10.7. The van der Waals surface area contributed by atoms with E-state index in [4.69, 9.17) is 15.2 Å². The van der Waals surface area contributed by atoms with Gasteiger partial charge >= 0.3 is 6.18 Å². The molecule has 2 aromatic carbocycles. The van der Waals surface area contributed by atoms with E-state index >= 15 is 0 Å². The van der Waals surface area contributed by atoms with E-state index < -0.39 is 47.4 Å². The van der Waals surface area contributed by atoms with E-state index in [9.17, 15) is 27.2 Å². The van der Waals surface area contributed by atoms with Crippen molar-refractivity contribution in [3.05, 3.63) is 82.3 Å². The fraction of sp³-hybridized carbons (Fsp3) is 0.323. The molecule has 3 aromatic rings. The highest BCUT2D eigenvalue weighted by Gasteiger charge is 2.47. The van der Waals surface area contributed by atoms with Gasteiger partial charge in [-0.3, -0.25) is 9.59 Å². The zero-order valence-corrected chi connectivity index (χ0v) is 23.0. The quantitative estimate of drug-likeness (QED) is 0.372. The Morgan fingerprint density at radius 1 is 1.14 bits per heavy atom. The highest BCUT2D eigenvalue weighted by atomic mass is 19.4. The first-order valence-corrected chi connectivity index (χ1v) is 13.4. The second kappa shape index (κ2) is 11.1. The number of primary amides is 1. The summed E-state index contributed by atoms with van der Waals surface area (Å²) in [4.78, 5) is 29.8. The van der Waals surface area contributed by atoms with Gasteiger partial charge in [0, 0.05) is 23.2 Å². The molecule has 2 atom stereocenters. The number of methoxy groups -OCH3 is 1. The fourth-order valence-electron chi connectivity index (χ4n) is 5.26. The highest BCUT2D eigenvalue weighted by Crippen LogP contribution is 2.46. The average molecular weight is 584 g/mol. The molecule has 0 saturated heterocycles. The third kappa shape index (κ3) is 5.55. The first-order chi connectivity index (χ1) is 19.9. The molecule has 1 unspecified atom stereocenters. The Kier molecular flexibility index (Phi) is 7.70. The van der Waals surface area contributed by atoms with Crippen LogP contribution in [0.4, 0.5) is 17.6 Å². The summed E-state index contributed by atoms with van der Waals surface area (Å²) in [6.07, 6.45) is -1.40. The van der Waals surface area contributed by atoms with Gasteiger partial charge in [-0.25, -0.2) is 9.37 Å². The van der Waals surface area contributed by atoms with Crippen LogP contribution in [0.25, 0.3) is 17.3 Å². The number of aryl methyl sites for hydroxylation is 1. The second-order valence-electron chi connectivity index (χ2n) is 10.7. The highest BCUT2D eigenvalue weighted by molar-refractivity contribution is 5.98. The minimum atomic E-state index is -4.81. The SMILES string of the molecule is COc1ccc2c(c1)CCCC(C(=O)NCC(c1cc3c(c(-c4ccc(F)cc4)n1)OC[C@]3(C)C(N)=O)C(F)(F)F)=C2. The van der Waals surface area contributed by atoms with Crippen LogP contribution in [0.1, 0.15) is 48.1 Å². The number of hydrogen-bond donors (Lipinski definition) is 2. The van der Waals surface area contributed by atoms with Crippen molar-refractivity contribution in [2.24, 2.45) is 5.73 Å². The first kappa shape index (κ1) is 29.1. The van der Waals surface area contributed by atoms with E-state index in [-0.39, 0.29) is 23.6 Å². The number of aromatic nitrogens is 1. The molecule has 0 fully saturated rings. The lowest BCUT2D eigenvalue weighted by atomic mass is 9.82. The maximum atomic E-state index is 14.5. The van der Waals surface area contributed by atoms with Crippen LogP contribution in [0.3, 0.4) is 0 Å². The molecule has 2 heterocycles. The standard InChI is InChI=1S/C31H29F4N3O4/c1-30(29(36)40)16-42-27-23(30)14-25(38-26(27)17-6-9-21(32)10-7-17)24(31(33,34)35)15-37-28(39)20-5-3-4-18-13-22(41-2)11-8-19(18)12-20/h6-14,24H,3-5,15-16H2,1-2H3,(H2,36,40)(H,37,39)/t24?,30-/m0/s1. The van der Waals surface area contributed by atoms with Gasteiger partial charge in [0.15, 0.2) is 0 Å². The number of hydrogen-bond acceptors (Lipinski definition) is 5. The van der Waals surface area contributed by atoms with Crippen LogP contribution in [-0.2, 0) is 21.4 Å². The van der Waals surface area contributed by atoms with Gasteiger partial charge in [0.2, 0.25) is 11.8 Å². The normalized spacial score (nSPS) is 18.6. The number of fused-ring (bicyclic) bond motifs is 2. The molecule has 11 heteroatoms. The third-order valence-corrected chi connectivity index (χ3v) is 7.84. The molecule has 1 aromatic heterocycles. The topological polar surface area (TPSA) is 104 Å². The van der Waals surface area contributed by atoms with Crippen molar-refractivity contribution in [1.82, 2.24) is 10.3 Å². The largest absolute Gasteiger partial charge is 0.497 e. The fourth-order valence-corrected chi connectivity index (χ4v) is 5.26. The van der Waals surface area contributed by atoms with E-state index in [0.29, 0.717) is 36.1 Å². The van der Waals surface area contributed by atoms with Crippen molar-refractivity contribution in [2.75, 3.05) is 20.3 Å². The number of nitrogens with one attached hydrogen (secondary N) is 1. The molecular weight excluding hydrogens is 554 g/mol. The molecule has 5 rings (SSSR count). The van der Waals surface area contributed by atoms with Crippen molar-refractivity contribution in [3.63, 3.8) is 0 Å². The lowest BCUT2D eigenvalue weighted by molar-refractivity contribution is -0.151. The predicted octanol–water partition coefficient (Wildman–Crippen LogP) is 5.21. The average Bonchev–Trinajstić information content (AvgIpc) is 3.15. The van der Waals surface area contributed by atoms with Crippen molar-refractivity contribution in [1.29, 1.82) is 0 Å². The molecule has 2 aliphatic rings. The number of benzene rings is 2. The summed E-state index contributed by atoms with van der Waals surface area (Å²) in [5, 5.41) is 2.45. The number of halogens is 4. The summed E-state index contributed by atoms with van der Waals surface area (Å²) in [6, 6.07) is 11.6. The maximum Gasteiger partial charge on any atom is 0.398 e. The van der Waals surface area contributed by atoms with E-state index in [1.165, 1.54) is 25.1 Å². The molecule has 7 nitrogen and oxygen atoms in total. The van der Waals surface area contributed by atoms with Gasteiger partial charge in [-0.1, -0.05) is 6.07 Å². The van der Waals surface area contributed by atoms with Gasteiger partial charge in [0.25, 0.3) is 0 Å². The number of amides is 2. The van der Waals surface area contributed by atoms with Crippen molar-refractivity contribution < 1.29 is 36.6 Å². The Balaban J connectivity index is 1.49. The van der Waals surface area contributed by atoms with Crippen LogP contribution in [0.2, 0.25) is 0 Å². The van der Waals surface area contributed by atoms with Crippen molar-refractivity contribution in [3.8, 4) is 22.8 Å². The van der Waals surface area contributed by atoms with Crippen LogP contribution in [0, 0.1) is 5.82 Å². The lowest BCUT2D eigenvalue weighted by Crippen LogP contribution is -2.40. The van der Waals surface area contributed by atoms with Crippen LogP contribution in [0.5, 0.6) is 11.5 Å². The number of carbonyl (C=O) groups excluding carboxylic acids is 2. The summed E-state index contributed by atoms with van der Waals surface area (Å²) in [5.74, 6) is -3.36. The number of alkyl halides is 3. The number of carbonyl (C=O) groups is 2. The molecule has 0 spiro atoms. The van der Waals surface area contributed by atoms with Gasteiger partial charge in [0.1, 0.15) is 40.9 Å². The number of ether oxygens (including phenoxy) is 2. The predicted molar refractivity (Wildman–Crippen MR) is 147 cm³/mol.